The van der Waals surface area contributed by atoms with E-state index in [9.17, 15) is 5.11 Å². The Morgan fingerprint density at radius 1 is 0.938 bits per heavy atom. The number of nitrogens with two attached hydrogens (primary N) is 1. The summed E-state index contributed by atoms with van der Waals surface area (Å²) in [5, 5.41) is 9.44. The number of hydrogen-bond acceptors (Lipinski definition) is 3. The van der Waals surface area contributed by atoms with Gasteiger partial charge in [0, 0.05) is 0 Å². The van der Waals surface area contributed by atoms with Crippen LogP contribution in [0.25, 0.3) is 0 Å². The largest absolute Gasteiger partial charge is 0.508 e. The van der Waals surface area contributed by atoms with Gasteiger partial charge in [0.2, 0.25) is 0 Å². The van der Waals surface area contributed by atoms with E-state index in [1.807, 2.05) is 36.4 Å². The predicted octanol–water partition coefficient (Wildman–Crippen LogP) is 1.94. The van der Waals surface area contributed by atoms with Gasteiger partial charge in [0.25, 0.3) is 0 Å². The fourth-order valence-corrected chi connectivity index (χ4v) is 1.73. The van der Waals surface area contributed by atoms with E-state index in [4.69, 9.17) is 5.84 Å². The highest BCUT2D eigenvalue weighted by molar-refractivity contribution is 5.35. The Morgan fingerprint density at radius 2 is 1.62 bits per heavy atom. The fraction of sp³-hybridized carbons (Fsp3) is 0.0769. The summed E-state index contributed by atoms with van der Waals surface area (Å²) >= 11 is 0. The number of nitrogens with one attached hydrogen (secondary N) is 1. The number of aromatic hydroxyl groups is 1. The van der Waals surface area contributed by atoms with E-state index in [2.05, 4.69) is 5.43 Å². The minimum Gasteiger partial charge on any atom is -0.508 e. The third-order valence-corrected chi connectivity index (χ3v) is 2.50. The zero-order valence-corrected chi connectivity index (χ0v) is 8.80. The van der Waals surface area contributed by atoms with Crippen molar-refractivity contribution in [3.05, 3.63) is 65.7 Å². The van der Waals surface area contributed by atoms with Crippen LogP contribution in [0.4, 0.5) is 0 Å². The van der Waals surface area contributed by atoms with Crippen LogP contribution in [-0.2, 0) is 0 Å². The molecule has 1 atom stereocenters. The summed E-state index contributed by atoms with van der Waals surface area (Å²) in [5.41, 5.74) is 4.75. The molecule has 0 saturated heterocycles. The number of rotatable bonds is 3. The van der Waals surface area contributed by atoms with Gasteiger partial charge in [-0.1, -0.05) is 42.5 Å². The number of hydrazine groups is 1. The predicted molar refractivity (Wildman–Crippen MR) is 63.7 cm³/mol. The number of hydrogen-bond donors (Lipinski definition) is 3. The number of benzene rings is 2. The summed E-state index contributed by atoms with van der Waals surface area (Å²) < 4.78 is 0. The van der Waals surface area contributed by atoms with Gasteiger partial charge in [-0.05, 0) is 23.3 Å². The van der Waals surface area contributed by atoms with Crippen LogP contribution in [0.3, 0.4) is 0 Å². The zero-order chi connectivity index (χ0) is 11.4. The molecule has 0 aromatic heterocycles. The van der Waals surface area contributed by atoms with Gasteiger partial charge < -0.3 is 5.11 Å². The van der Waals surface area contributed by atoms with Crippen molar-refractivity contribution in [1.82, 2.24) is 5.43 Å². The lowest BCUT2D eigenvalue weighted by Gasteiger charge is -2.16. The molecular formula is C13H14N2O. The van der Waals surface area contributed by atoms with Crippen molar-refractivity contribution in [3.8, 4) is 5.75 Å². The molecule has 4 N–H and O–H groups in total. The van der Waals surface area contributed by atoms with Gasteiger partial charge in [0.15, 0.2) is 0 Å². The maximum atomic E-state index is 9.44. The summed E-state index contributed by atoms with van der Waals surface area (Å²) in [6.07, 6.45) is 0. The molecule has 2 aromatic carbocycles. The van der Waals surface area contributed by atoms with E-state index in [-0.39, 0.29) is 11.8 Å². The lowest BCUT2D eigenvalue weighted by molar-refractivity contribution is 0.473. The molecule has 0 heterocycles. The molecule has 0 aliphatic carbocycles. The van der Waals surface area contributed by atoms with Gasteiger partial charge in [-0.15, -0.1) is 0 Å². The molecule has 0 spiro atoms. The zero-order valence-electron chi connectivity index (χ0n) is 8.80. The summed E-state index contributed by atoms with van der Waals surface area (Å²) in [7, 11) is 0. The normalized spacial score (nSPS) is 12.3. The molecule has 2 aromatic rings. The Kier molecular flexibility index (Phi) is 3.19. The van der Waals surface area contributed by atoms with Crippen molar-refractivity contribution in [2.45, 2.75) is 6.04 Å². The molecule has 16 heavy (non-hydrogen) atoms. The molecule has 0 saturated carbocycles. The van der Waals surface area contributed by atoms with Gasteiger partial charge in [0.1, 0.15) is 5.75 Å². The first-order chi connectivity index (χ1) is 7.81. The van der Waals surface area contributed by atoms with E-state index < -0.39 is 0 Å². The van der Waals surface area contributed by atoms with Crippen LogP contribution in [0.2, 0.25) is 0 Å². The van der Waals surface area contributed by atoms with Crippen molar-refractivity contribution in [2.24, 2.45) is 5.84 Å². The second-order valence-corrected chi connectivity index (χ2v) is 3.61. The highest BCUT2D eigenvalue weighted by Crippen LogP contribution is 2.23. The van der Waals surface area contributed by atoms with Crippen LogP contribution in [0, 0.1) is 0 Å². The topological polar surface area (TPSA) is 58.3 Å². The average Bonchev–Trinajstić information content (AvgIpc) is 2.31. The van der Waals surface area contributed by atoms with Crippen LogP contribution in [0.5, 0.6) is 5.75 Å². The lowest BCUT2D eigenvalue weighted by atomic mass is 9.99. The summed E-state index contributed by atoms with van der Waals surface area (Å²) in [6, 6.07) is 16.8. The maximum absolute atomic E-state index is 9.44. The molecule has 0 radical (unpaired) electrons. The number of phenolic OH excluding ortho intramolecular Hbond substituents is 1. The summed E-state index contributed by atoms with van der Waals surface area (Å²) in [5.74, 6) is 5.80. The second-order valence-electron chi connectivity index (χ2n) is 3.61. The third-order valence-electron chi connectivity index (χ3n) is 2.50. The van der Waals surface area contributed by atoms with E-state index in [1.165, 1.54) is 0 Å². The van der Waals surface area contributed by atoms with Gasteiger partial charge in [-0.2, -0.15) is 0 Å². The standard InChI is InChI=1S/C13H14N2O/c14-15-13(10-5-2-1-3-6-10)11-7-4-8-12(16)9-11/h1-9,13,15-16H,14H2. The second kappa shape index (κ2) is 4.79. The Morgan fingerprint density at radius 3 is 2.25 bits per heavy atom. The molecule has 2 rings (SSSR count). The van der Waals surface area contributed by atoms with Crippen molar-refractivity contribution >= 4 is 0 Å². The van der Waals surface area contributed by atoms with E-state index in [1.54, 1.807) is 18.2 Å². The summed E-state index contributed by atoms with van der Waals surface area (Å²) in [4.78, 5) is 0. The van der Waals surface area contributed by atoms with E-state index in [0.717, 1.165) is 11.1 Å². The quantitative estimate of drug-likeness (QED) is 0.540. The molecule has 3 nitrogen and oxygen atoms in total. The van der Waals surface area contributed by atoms with Gasteiger partial charge in [-0.3, -0.25) is 5.84 Å². The molecule has 0 fully saturated rings. The van der Waals surface area contributed by atoms with Gasteiger partial charge in [-0.25, -0.2) is 5.43 Å². The van der Waals surface area contributed by atoms with Crippen LogP contribution in [0.1, 0.15) is 17.2 Å². The monoisotopic (exact) mass is 214 g/mol. The minimum absolute atomic E-state index is 0.103. The first-order valence-corrected chi connectivity index (χ1v) is 5.11. The molecular weight excluding hydrogens is 200 g/mol. The molecule has 0 amide bonds. The van der Waals surface area contributed by atoms with Crippen LogP contribution >= 0.6 is 0 Å². The smallest absolute Gasteiger partial charge is 0.115 e. The van der Waals surface area contributed by atoms with Crippen LogP contribution < -0.4 is 11.3 Å². The Bertz CT molecular complexity index is 456. The highest BCUT2D eigenvalue weighted by atomic mass is 16.3. The van der Waals surface area contributed by atoms with Crippen molar-refractivity contribution in [2.75, 3.05) is 0 Å². The van der Waals surface area contributed by atoms with Crippen molar-refractivity contribution in [1.29, 1.82) is 0 Å². The van der Waals surface area contributed by atoms with Crippen molar-refractivity contribution in [3.63, 3.8) is 0 Å². The maximum Gasteiger partial charge on any atom is 0.115 e. The Balaban J connectivity index is 2.37. The highest BCUT2D eigenvalue weighted by Gasteiger charge is 2.11. The van der Waals surface area contributed by atoms with Crippen molar-refractivity contribution < 1.29 is 5.11 Å². The molecule has 1 unspecified atom stereocenters. The van der Waals surface area contributed by atoms with E-state index in [0.29, 0.717) is 0 Å². The average molecular weight is 214 g/mol. The van der Waals surface area contributed by atoms with Crippen LogP contribution in [0.15, 0.2) is 54.6 Å². The first kappa shape index (κ1) is 10.7. The molecule has 82 valence electrons. The summed E-state index contributed by atoms with van der Waals surface area (Å²) in [6.45, 7) is 0. The Hall–Kier alpha value is -1.84. The Labute approximate surface area is 94.5 Å². The molecule has 3 heteroatoms. The van der Waals surface area contributed by atoms with E-state index >= 15 is 0 Å². The number of phenols is 1. The SMILES string of the molecule is NNC(c1ccccc1)c1cccc(O)c1. The lowest BCUT2D eigenvalue weighted by Crippen LogP contribution is -2.28. The third kappa shape index (κ3) is 2.21. The molecule has 0 aliphatic rings. The molecule has 0 bridgehead atoms. The molecule has 0 aliphatic heterocycles. The van der Waals surface area contributed by atoms with Crippen LogP contribution in [-0.4, -0.2) is 5.11 Å². The first-order valence-electron chi connectivity index (χ1n) is 5.11. The fourth-order valence-electron chi connectivity index (χ4n) is 1.73. The van der Waals surface area contributed by atoms with Gasteiger partial charge in [0.05, 0.1) is 6.04 Å². The minimum atomic E-state index is -0.103. The van der Waals surface area contributed by atoms with Gasteiger partial charge >= 0.3 is 0 Å².